The van der Waals surface area contributed by atoms with Crippen molar-refractivity contribution < 1.29 is 0 Å². The van der Waals surface area contributed by atoms with Gasteiger partial charge in [-0.25, -0.2) is 0 Å². The summed E-state index contributed by atoms with van der Waals surface area (Å²) in [6, 6.07) is 0. The number of hydrogen-bond donors (Lipinski definition) is 2. The minimum atomic E-state index is 0.564. The van der Waals surface area contributed by atoms with E-state index < -0.39 is 0 Å². The van der Waals surface area contributed by atoms with Gasteiger partial charge in [-0.2, -0.15) is 0 Å². The van der Waals surface area contributed by atoms with E-state index in [0.717, 1.165) is 32.4 Å². The molecule has 0 saturated carbocycles. The summed E-state index contributed by atoms with van der Waals surface area (Å²) in [5, 5.41) is 6.33. The molecule has 0 aliphatic rings. The van der Waals surface area contributed by atoms with Crippen LogP contribution in [0.15, 0.2) is 24.9 Å². The van der Waals surface area contributed by atoms with E-state index in [4.69, 9.17) is 0 Å². The summed E-state index contributed by atoms with van der Waals surface area (Å²) in [6.07, 6.45) is 6.58. The second-order valence-electron chi connectivity index (χ2n) is 4.32. The van der Waals surface area contributed by atoms with Gasteiger partial charge in [0.2, 0.25) is 0 Å². The maximum Gasteiger partial charge on any atom is 0.0141 e. The first-order valence-corrected chi connectivity index (χ1v) is 6.82. The van der Waals surface area contributed by atoms with E-state index in [9.17, 15) is 0 Å². The van der Waals surface area contributed by atoms with Crippen molar-refractivity contribution in [3.05, 3.63) is 24.9 Å². The first kappa shape index (κ1) is 18.6. The smallest absolute Gasteiger partial charge is 0.0141 e. The van der Waals surface area contributed by atoms with Gasteiger partial charge in [0.15, 0.2) is 0 Å². The normalized spacial score (nSPS) is 11.1. The predicted molar refractivity (Wildman–Crippen MR) is 80.2 cm³/mol. The quantitative estimate of drug-likeness (QED) is 0.600. The SMILES string of the molecule is C=CCCC(C)C(=C)NCCC.CCCNC. The third-order valence-electron chi connectivity index (χ3n) is 2.50. The Morgan fingerprint density at radius 3 is 2.18 bits per heavy atom. The zero-order valence-corrected chi connectivity index (χ0v) is 12.3. The highest BCUT2D eigenvalue weighted by Crippen LogP contribution is 2.12. The Labute approximate surface area is 109 Å². The summed E-state index contributed by atoms with van der Waals surface area (Å²) in [7, 11) is 1.96. The van der Waals surface area contributed by atoms with Gasteiger partial charge in [-0.3, -0.25) is 0 Å². The van der Waals surface area contributed by atoms with Gasteiger partial charge in [-0.05, 0) is 45.2 Å². The summed E-state index contributed by atoms with van der Waals surface area (Å²) in [4.78, 5) is 0. The summed E-state index contributed by atoms with van der Waals surface area (Å²) in [6.45, 7) is 16.4. The van der Waals surface area contributed by atoms with Crippen LogP contribution >= 0.6 is 0 Å². The molecule has 0 fully saturated rings. The molecular weight excluding hydrogens is 208 g/mol. The third kappa shape index (κ3) is 15.2. The van der Waals surface area contributed by atoms with Crippen LogP contribution in [0, 0.1) is 5.92 Å². The second-order valence-corrected chi connectivity index (χ2v) is 4.32. The predicted octanol–water partition coefficient (Wildman–Crippen LogP) is 3.72. The number of rotatable bonds is 9. The van der Waals surface area contributed by atoms with Gasteiger partial charge < -0.3 is 10.6 Å². The molecule has 2 nitrogen and oxygen atoms in total. The zero-order chi connectivity index (χ0) is 13.5. The average molecular weight is 240 g/mol. The Hall–Kier alpha value is -0.760. The summed E-state index contributed by atoms with van der Waals surface area (Å²) < 4.78 is 0. The molecule has 0 amide bonds. The van der Waals surface area contributed by atoms with E-state index in [2.05, 4.69) is 44.6 Å². The molecule has 0 aromatic rings. The molecule has 0 bridgehead atoms. The highest BCUT2D eigenvalue weighted by Gasteiger charge is 2.03. The minimum Gasteiger partial charge on any atom is -0.389 e. The van der Waals surface area contributed by atoms with Gasteiger partial charge in [-0.15, -0.1) is 6.58 Å². The third-order valence-corrected chi connectivity index (χ3v) is 2.50. The van der Waals surface area contributed by atoms with Crippen LogP contribution in [-0.2, 0) is 0 Å². The van der Waals surface area contributed by atoms with Crippen LogP contribution in [0.2, 0.25) is 0 Å². The number of allylic oxidation sites excluding steroid dienone is 2. The van der Waals surface area contributed by atoms with Crippen LogP contribution in [0.3, 0.4) is 0 Å². The number of nitrogens with one attached hydrogen (secondary N) is 2. The molecule has 0 aliphatic heterocycles. The van der Waals surface area contributed by atoms with Crippen molar-refractivity contribution in [3.8, 4) is 0 Å². The fourth-order valence-electron chi connectivity index (χ4n) is 1.25. The van der Waals surface area contributed by atoms with Crippen molar-refractivity contribution >= 4 is 0 Å². The summed E-state index contributed by atoms with van der Waals surface area (Å²) in [5.74, 6) is 0.564. The standard InChI is InChI=1S/C11H21N.C4H11N/c1-5-7-8-10(3)11(4)12-9-6-2;1-3-4-5-2/h5,10,12H,1,4,6-9H2,2-3H3;5H,3-4H2,1-2H3. The molecule has 0 radical (unpaired) electrons. The van der Waals surface area contributed by atoms with Crippen LogP contribution in [0.25, 0.3) is 0 Å². The molecule has 0 saturated heterocycles. The maximum atomic E-state index is 4.00. The van der Waals surface area contributed by atoms with Gasteiger partial charge in [0.1, 0.15) is 0 Å². The lowest BCUT2D eigenvalue weighted by molar-refractivity contribution is 0.566. The Kier molecular flexibility index (Phi) is 16.7. The Balaban J connectivity index is 0. The highest BCUT2D eigenvalue weighted by atomic mass is 14.9. The second kappa shape index (κ2) is 15.2. The van der Waals surface area contributed by atoms with Crippen molar-refractivity contribution in [1.82, 2.24) is 10.6 Å². The van der Waals surface area contributed by atoms with Gasteiger partial charge in [-0.1, -0.05) is 33.4 Å². The fourth-order valence-corrected chi connectivity index (χ4v) is 1.25. The van der Waals surface area contributed by atoms with Crippen molar-refractivity contribution in [2.24, 2.45) is 5.92 Å². The van der Waals surface area contributed by atoms with Gasteiger partial charge in [0.25, 0.3) is 0 Å². The Morgan fingerprint density at radius 2 is 1.82 bits per heavy atom. The molecule has 2 N–H and O–H groups in total. The van der Waals surface area contributed by atoms with Crippen LogP contribution in [0.1, 0.15) is 46.5 Å². The topological polar surface area (TPSA) is 24.1 Å². The van der Waals surface area contributed by atoms with Crippen molar-refractivity contribution in [2.45, 2.75) is 46.5 Å². The van der Waals surface area contributed by atoms with Gasteiger partial charge in [0, 0.05) is 12.2 Å². The van der Waals surface area contributed by atoms with Crippen LogP contribution < -0.4 is 10.6 Å². The van der Waals surface area contributed by atoms with Crippen LogP contribution in [0.4, 0.5) is 0 Å². The molecular formula is C15H32N2. The van der Waals surface area contributed by atoms with E-state index in [0.29, 0.717) is 5.92 Å². The highest BCUT2D eigenvalue weighted by molar-refractivity contribution is 4.96. The molecule has 0 spiro atoms. The minimum absolute atomic E-state index is 0.564. The molecule has 0 rings (SSSR count). The van der Waals surface area contributed by atoms with E-state index in [1.54, 1.807) is 0 Å². The largest absolute Gasteiger partial charge is 0.389 e. The summed E-state index contributed by atoms with van der Waals surface area (Å²) >= 11 is 0. The molecule has 0 aliphatic carbocycles. The lowest BCUT2D eigenvalue weighted by Gasteiger charge is -2.15. The van der Waals surface area contributed by atoms with Crippen molar-refractivity contribution in [2.75, 3.05) is 20.1 Å². The monoisotopic (exact) mass is 240 g/mol. The van der Waals surface area contributed by atoms with Crippen molar-refractivity contribution in [1.29, 1.82) is 0 Å². The van der Waals surface area contributed by atoms with Gasteiger partial charge >= 0.3 is 0 Å². The van der Waals surface area contributed by atoms with E-state index in [1.165, 1.54) is 12.1 Å². The fraction of sp³-hybridized carbons (Fsp3) is 0.733. The van der Waals surface area contributed by atoms with E-state index in [1.807, 2.05) is 13.1 Å². The van der Waals surface area contributed by atoms with Gasteiger partial charge in [0.05, 0.1) is 0 Å². The van der Waals surface area contributed by atoms with E-state index in [-0.39, 0.29) is 0 Å². The van der Waals surface area contributed by atoms with Crippen LogP contribution in [0.5, 0.6) is 0 Å². The lowest BCUT2D eigenvalue weighted by atomic mass is 10.0. The molecule has 17 heavy (non-hydrogen) atoms. The molecule has 0 aromatic heterocycles. The van der Waals surface area contributed by atoms with E-state index >= 15 is 0 Å². The molecule has 0 heterocycles. The summed E-state index contributed by atoms with van der Waals surface area (Å²) in [5.41, 5.74) is 1.17. The van der Waals surface area contributed by atoms with Crippen LogP contribution in [-0.4, -0.2) is 20.1 Å². The molecule has 1 atom stereocenters. The average Bonchev–Trinajstić information content (AvgIpc) is 2.34. The Bertz CT molecular complexity index is 174. The molecule has 1 unspecified atom stereocenters. The molecule has 102 valence electrons. The number of hydrogen-bond acceptors (Lipinski definition) is 2. The lowest BCUT2D eigenvalue weighted by Crippen LogP contribution is -2.18. The van der Waals surface area contributed by atoms with Crippen molar-refractivity contribution in [3.63, 3.8) is 0 Å². The Morgan fingerprint density at radius 1 is 1.24 bits per heavy atom. The zero-order valence-electron chi connectivity index (χ0n) is 12.3. The molecule has 2 heteroatoms. The maximum absolute atomic E-state index is 4.00. The molecule has 0 aromatic carbocycles. The first-order valence-electron chi connectivity index (χ1n) is 6.82. The first-order chi connectivity index (χ1) is 8.13.